The number of aliphatic imine (C=N–C) groups is 1. The van der Waals surface area contributed by atoms with Crippen molar-refractivity contribution >= 4 is 29.3 Å². The Kier molecular flexibility index (Phi) is 9.21. The van der Waals surface area contributed by atoms with Gasteiger partial charge in [-0.25, -0.2) is 4.99 Å². The molecule has 1 amide bonds. The number of methoxy groups -OCH3 is 1. The van der Waals surface area contributed by atoms with Crippen LogP contribution in [-0.4, -0.2) is 37.8 Å². The molecule has 0 heterocycles. The second-order valence-corrected chi connectivity index (χ2v) is 7.17. The number of benzene rings is 2. The standard InChI is InChI=1S/C21H28N4O2S/c1-4-22-21(23-12-13-28-18-8-6-5-7-9-18)24-15-17-10-11-20(27-3)19(14-17)25-16(2)26/h5-11,14H,4,12-13,15H2,1-3H3,(H,25,26)(H2,22,23,24). The van der Waals surface area contributed by atoms with E-state index in [1.54, 1.807) is 7.11 Å². The van der Waals surface area contributed by atoms with E-state index in [-0.39, 0.29) is 5.91 Å². The lowest BCUT2D eigenvalue weighted by Gasteiger charge is -2.12. The third kappa shape index (κ3) is 7.52. The summed E-state index contributed by atoms with van der Waals surface area (Å²) in [5, 5.41) is 9.40. The summed E-state index contributed by atoms with van der Waals surface area (Å²) in [5.74, 6) is 2.22. The molecule has 3 N–H and O–H groups in total. The highest BCUT2D eigenvalue weighted by Gasteiger charge is 2.06. The van der Waals surface area contributed by atoms with E-state index >= 15 is 0 Å². The highest BCUT2D eigenvalue weighted by Crippen LogP contribution is 2.25. The highest BCUT2D eigenvalue weighted by atomic mass is 32.2. The van der Waals surface area contributed by atoms with E-state index < -0.39 is 0 Å². The van der Waals surface area contributed by atoms with Gasteiger partial charge in [0, 0.05) is 30.7 Å². The van der Waals surface area contributed by atoms with Crippen LogP contribution in [0.3, 0.4) is 0 Å². The van der Waals surface area contributed by atoms with Gasteiger partial charge in [0.15, 0.2) is 5.96 Å². The topological polar surface area (TPSA) is 74.8 Å². The Labute approximate surface area is 171 Å². The second-order valence-electron chi connectivity index (χ2n) is 6.00. The number of thioether (sulfide) groups is 1. The first-order valence-electron chi connectivity index (χ1n) is 9.27. The van der Waals surface area contributed by atoms with Gasteiger partial charge in [0.25, 0.3) is 0 Å². The molecule has 0 radical (unpaired) electrons. The van der Waals surface area contributed by atoms with Crippen LogP contribution in [0.25, 0.3) is 0 Å². The molecule has 0 bridgehead atoms. The zero-order chi connectivity index (χ0) is 20.2. The largest absolute Gasteiger partial charge is 0.495 e. The molecule has 28 heavy (non-hydrogen) atoms. The molecule has 2 rings (SSSR count). The Morgan fingerprint density at radius 1 is 1.14 bits per heavy atom. The van der Waals surface area contributed by atoms with Crippen molar-refractivity contribution in [3.8, 4) is 5.75 Å². The Bertz CT molecular complexity index is 781. The molecule has 2 aromatic carbocycles. The molecule has 150 valence electrons. The fourth-order valence-corrected chi connectivity index (χ4v) is 3.30. The lowest BCUT2D eigenvalue weighted by Crippen LogP contribution is -2.38. The van der Waals surface area contributed by atoms with Crippen LogP contribution in [0.5, 0.6) is 5.75 Å². The van der Waals surface area contributed by atoms with E-state index in [0.717, 1.165) is 30.4 Å². The summed E-state index contributed by atoms with van der Waals surface area (Å²) in [6, 6.07) is 16.0. The molecular formula is C21H28N4O2S. The number of carbonyl (C=O) groups is 1. The first-order valence-corrected chi connectivity index (χ1v) is 10.3. The van der Waals surface area contributed by atoms with Crippen LogP contribution >= 0.6 is 11.8 Å². The van der Waals surface area contributed by atoms with Crippen LogP contribution < -0.4 is 20.7 Å². The lowest BCUT2D eigenvalue weighted by molar-refractivity contribution is -0.114. The van der Waals surface area contributed by atoms with E-state index in [1.807, 2.05) is 55.1 Å². The normalized spacial score (nSPS) is 11.0. The molecule has 0 spiro atoms. The first-order chi connectivity index (χ1) is 13.6. The molecule has 0 fully saturated rings. The van der Waals surface area contributed by atoms with Crippen molar-refractivity contribution in [2.24, 2.45) is 4.99 Å². The highest BCUT2D eigenvalue weighted by molar-refractivity contribution is 7.99. The number of nitrogens with zero attached hydrogens (tertiary/aromatic N) is 1. The monoisotopic (exact) mass is 400 g/mol. The molecular weight excluding hydrogens is 372 g/mol. The van der Waals surface area contributed by atoms with Crippen molar-refractivity contribution in [2.75, 3.05) is 31.3 Å². The van der Waals surface area contributed by atoms with Crippen molar-refractivity contribution in [1.29, 1.82) is 0 Å². The number of rotatable bonds is 9. The van der Waals surface area contributed by atoms with Crippen LogP contribution in [0.1, 0.15) is 19.4 Å². The van der Waals surface area contributed by atoms with Gasteiger partial charge < -0.3 is 20.7 Å². The van der Waals surface area contributed by atoms with E-state index in [9.17, 15) is 4.79 Å². The number of amides is 1. The summed E-state index contributed by atoms with van der Waals surface area (Å²) in [5.41, 5.74) is 1.64. The molecule has 0 aliphatic heterocycles. The molecule has 7 heteroatoms. The number of hydrogen-bond acceptors (Lipinski definition) is 4. The molecule has 0 unspecified atom stereocenters. The molecule has 0 aliphatic rings. The minimum Gasteiger partial charge on any atom is -0.495 e. The Morgan fingerprint density at radius 3 is 2.61 bits per heavy atom. The van der Waals surface area contributed by atoms with Crippen LogP contribution in [0.4, 0.5) is 5.69 Å². The van der Waals surface area contributed by atoms with Gasteiger partial charge in [0.05, 0.1) is 19.3 Å². The van der Waals surface area contributed by atoms with E-state index in [4.69, 9.17) is 4.74 Å². The van der Waals surface area contributed by atoms with Gasteiger partial charge in [-0.2, -0.15) is 0 Å². The van der Waals surface area contributed by atoms with E-state index in [1.165, 1.54) is 11.8 Å². The minimum absolute atomic E-state index is 0.134. The first kappa shape index (κ1) is 21.6. The van der Waals surface area contributed by atoms with Crippen molar-refractivity contribution < 1.29 is 9.53 Å². The number of guanidine groups is 1. The SMILES string of the molecule is CCNC(=NCc1ccc(OC)c(NC(C)=O)c1)NCCSc1ccccc1. The number of anilines is 1. The number of carbonyl (C=O) groups excluding carboxylic acids is 1. The maximum Gasteiger partial charge on any atom is 0.221 e. The van der Waals surface area contributed by atoms with Gasteiger partial charge in [0.1, 0.15) is 5.75 Å². The van der Waals surface area contributed by atoms with Crippen LogP contribution in [-0.2, 0) is 11.3 Å². The maximum absolute atomic E-state index is 11.4. The van der Waals surface area contributed by atoms with Gasteiger partial charge in [-0.3, -0.25) is 4.79 Å². The van der Waals surface area contributed by atoms with Gasteiger partial charge in [0.2, 0.25) is 5.91 Å². The zero-order valence-electron chi connectivity index (χ0n) is 16.6. The average Bonchev–Trinajstić information content (AvgIpc) is 2.69. The minimum atomic E-state index is -0.134. The predicted octanol–water partition coefficient (Wildman–Crippen LogP) is 3.50. The van der Waals surface area contributed by atoms with Crippen molar-refractivity contribution in [3.63, 3.8) is 0 Å². The number of hydrogen-bond donors (Lipinski definition) is 3. The molecule has 0 aliphatic carbocycles. The number of nitrogens with one attached hydrogen (secondary N) is 3. The van der Waals surface area contributed by atoms with Crippen molar-refractivity contribution in [2.45, 2.75) is 25.3 Å². The predicted molar refractivity (Wildman–Crippen MR) is 117 cm³/mol. The smallest absolute Gasteiger partial charge is 0.221 e. The average molecular weight is 401 g/mol. The van der Waals surface area contributed by atoms with E-state index in [2.05, 4.69) is 33.1 Å². The molecule has 0 atom stereocenters. The quantitative estimate of drug-likeness (QED) is 0.260. The Hall–Kier alpha value is -2.67. The summed E-state index contributed by atoms with van der Waals surface area (Å²) in [6.07, 6.45) is 0. The molecule has 0 saturated carbocycles. The molecule has 2 aromatic rings. The Balaban J connectivity index is 1.92. The third-order valence-corrected chi connectivity index (χ3v) is 4.76. The van der Waals surface area contributed by atoms with Crippen molar-refractivity contribution in [3.05, 3.63) is 54.1 Å². The number of ether oxygens (including phenoxy) is 1. The van der Waals surface area contributed by atoms with Crippen molar-refractivity contribution in [1.82, 2.24) is 10.6 Å². The zero-order valence-corrected chi connectivity index (χ0v) is 17.4. The molecule has 0 saturated heterocycles. The lowest BCUT2D eigenvalue weighted by atomic mass is 10.2. The fraction of sp³-hybridized carbons (Fsp3) is 0.333. The summed E-state index contributed by atoms with van der Waals surface area (Å²) in [6.45, 7) is 5.61. The van der Waals surface area contributed by atoms with Gasteiger partial charge in [-0.15, -0.1) is 11.8 Å². The maximum atomic E-state index is 11.4. The van der Waals surface area contributed by atoms with Crippen LogP contribution in [0.2, 0.25) is 0 Å². The van der Waals surface area contributed by atoms with Gasteiger partial charge in [-0.05, 0) is 36.8 Å². The molecule has 6 nitrogen and oxygen atoms in total. The molecule has 0 aromatic heterocycles. The van der Waals surface area contributed by atoms with E-state index in [0.29, 0.717) is 18.0 Å². The van der Waals surface area contributed by atoms with Gasteiger partial charge in [-0.1, -0.05) is 24.3 Å². The Morgan fingerprint density at radius 2 is 1.93 bits per heavy atom. The summed E-state index contributed by atoms with van der Waals surface area (Å²) < 4.78 is 5.29. The summed E-state index contributed by atoms with van der Waals surface area (Å²) >= 11 is 1.81. The van der Waals surface area contributed by atoms with Crippen LogP contribution in [0, 0.1) is 0 Å². The second kappa shape index (κ2) is 11.9. The fourth-order valence-electron chi connectivity index (χ4n) is 2.51. The third-order valence-electron chi connectivity index (χ3n) is 3.74. The summed E-state index contributed by atoms with van der Waals surface area (Å²) in [4.78, 5) is 17.3. The summed E-state index contributed by atoms with van der Waals surface area (Å²) in [7, 11) is 1.58. The van der Waals surface area contributed by atoms with Gasteiger partial charge >= 0.3 is 0 Å². The van der Waals surface area contributed by atoms with Crippen LogP contribution in [0.15, 0.2) is 58.4 Å².